The molecule has 2 N–H and O–H groups in total. The summed E-state index contributed by atoms with van der Waals surface area (Å²) in [6.45, 7) is -0.872. The molecule has 6 nitrogen and oxygen atoms in total. The fourth-order valence-corrected chi connectivity index (χ4v) is 4.15. The van der Waals surface area contributed by atoms with E-state index in [1.54, 1.807) is 0 Å². The molecule has 0 radical (unpaired) electrons. The molecule has 3 saturated carbocycles. The van der Waals surface area contributed by atoms with Crippen molar-refractivity contribution >= 4 is 0 Å². The molecule has 1 aromatic carbocycles. The standard InChI is InChI=1S/C15H14F4N4O2/c16-9-1-2-10(11(17)3-9)14(25,7-23-21-8-20-22-23)15(18,19)12-4-13(24,5-12)6-12/h1-3,8,24-25H,4-7H2. The zero-order valence-corrected chi connectivity index (χ0v) is 12.8. The van der Waals surface area contributed by atoms with E-state index in [0.29, 0.717) is 6.07 Å². The van der Waals surface area contributed by atoms with Gasteiger partial charge in [0, 0.05) is 17.0 Å². The minimum Gasteiger partial charge on any atom is -0.390 e. The smallest absolute Gasteiger partial charge is 0.288 e. The van der Waals surface area contributed by atoms with Crippen LogP contribution in [0.1, 0.15) is 24.8 Å². The third-order valence-electron chi connectivity index (χ3n) is 5.33. The first-order chi connectivity index (χ1) is 11.6. The summed E-state index contributed by atoms with van der Waals surface area (Å²) in [5, 5.41) is 31.2. The average Bonchev–Trinajstić information content (AvgIpc) is 2.95. The van der Waals surface area contributed by atoms with Gasteiger partial charge in [-0.3, -0.25) is 0 Å². The lowest BCUT2D eigenvalue weighted by atomic mass is 9.37. The molecule has 2 aromatic rings. The second-order valence-electron chi connectivity index (χ2n) is 7.06. The highest BCUT2D eigenvalue weighted by molar-refractivity contribution is 5.34. The molecule has 5 rings (SSSR count). The molecule has 2 bridgehead atoms. The largest absolute Gasteiger partial charge is 0.390 e. The number of aliphatic hydroxyl groups is 2. The molecular weight excluding hydrogens is 344 g/mol. The number of alkyl halides is 2. The molecule has 0 spiro atoms. The van der Waals surface area contributed by atoms with Crippen molar-refractivity contribution in [2.24, 2.45) is 5.41 Å². The van der Waals surface area contributed by atoms with Crippen molar-refractivity contribution in [3.8, 4) is 0 Å². The molecule has 3 aliphatic rings. The van der Waals surface area contributed by atoms with Gasteiger partial charge >= 0.3 is 0 Å². The molecule has 1 heterocycles. The molecule has 10 heteroatoms. The Morgan fingerprint density at radius 1 is 1.20 bits per heavy atom. The Morgan fingerprint density at radius 3 is 2.40 bits per heavy atom. The van der Waals surface area contributed by atoms with E-state index in [2.05, 4.69) is 15.4 Å². The number of halogens is 4. The van der Waals surface area contributed by atoms with Gasteiger partial charge in [-0.05, 0) is 36.6 Å². The Morgan fingerprint density at radius 2 is 1.88 bits per heavy atom. The summed E-state index contributed by atoms with van der Waals surface area (Å²) >= 11 is 0. The molecule has 1 atom stereocenters. The molecule has 134 valence electrons. The first-order valence-electron chi connectivity index (χ1n) is 7.60. The normalized spacial score (nSPS) is 30.3. The molecule has 3 aliphatic carbocycles. The van der Waals surface area contributed by atoms with Gasteiger partial charge in [-0.25, -0.2) is 17.6 Å². The predicted molar refractivity (Wildman–Crippen MR) is 74.3 cm³/mol. The maximum Gasteiger partial charge on any atom is 0.288 e. The third kappa shape index (κ3) is 2.07. The van der Waals surface area contributed by atoms with E-state index in [-0.39, 0.29) is 19.3 Å². The van der Waals surface area contributed by atoms with Crippen molar-refractivity contribution in [3.63, 3.8) is 0 Å². The number of aromatic nitrogens is 4. The fourth-order valence-electron chi connectivity index (χ4n) is 4.15. The number of nitrogens with zero attached hydrogens (tertiary/aromatic N) is 4. The van der Waals surface area contributed by atoms with Gasteiger partial charge in [-0.2, -0.15) is 4.80 Å². The zero-order chi connectivity index (χ0) is 18.1. The third-order valence-corrected chi connectivity index (χ3v) is 5.33. The summed E-state index contributed by atoms with van der Waals surface area (Å²) in [4.78, 5) is 0.719. The van der Waals surface area contributed by atoms with E-state index < -0.39 is 46.3 Å². The van der Waals surface area contributed by atoms with Crippen LogP contribution in [0, 0.1) is 17.0 Å². The predicted octanol–water partition coefficient (Wildman–Crippen LogP) is 1.39. The maximum atomic E-state index is 15.4. The SMILES string of the molecule is OC12CC(C(F)(F)C(O)(Cn3ncnn3)c3ccc(F)cc3F)(C1)C2. The summed E-state index contributed by atoms with van der Waals surface area (Å²) in [6, 6.07) is 2.01. The monoisotopic (exact) mass is 358 g/mol. The van der Waals surface area contributed by atoms with Crippen LogP contribution in [0.5, 0.6) is 0 Å². The number of benzene rings is 1. The molecule has 1 unspecified atom stereocenters. The summed E-state index contributed by atoms with van der Waals surface area (Å²) in [6.07, 6.45) is 0.415. The van der Waals surface area contributed by atoms with E-state index in [1.807, 2.05) is 0 Å². The van der Waals surface area contributed by atoms with Crippen molar-refractivity contribution in [3.05, 3.63) is 41.7 Å². The van der Waals surface area contributed by atoms with Crippen molar-refractivity contribution < 1.29 is 27.8 Å². The average molecular weight is 358 g/mol. The van der Waals surface area contributed by atoms with Crippen LogP contribution in [0.2, 0.25) is 0 Å². The van der Waals surface area contributed by atoms with E-state index >= 15 is 8.78 Å². The molecule has 0 aliphatic heterocycles. The summed E-state index contributed by atoms with van der Waals surface area (Å²) in [5.41, 5.74) is -6.57. The highest BCUT2D eigenvalue weighted by Gasteiger charge is 2.82. The highest BCUT2D eigenvalue weighted by atomic mass is 19.3. The summed E-state index contributed by atoms with van der Waals surface area (Å²) in [5.74, 6) is -6.06. The van der Waals surface area contributed by atoms with Gasteiger partial charge in [0.15, 0.2) is 11.9 Å². The van der Waals surface area contributed by atoms with Crippen LogP contribution in [0.4, 0.5) is 17.6 Å². The zero-order valence-electron chi connectivity index (χ0n) is 12.8. The number of hydrogen-bond donors (Lipinski definition) is 2. The lowest BCUT2D eigenvalue weighted by molar-refractivity contribution is -0.386. The van der Waals surface area contributed by atoms with Gasteiger partial charge < -0.3 is 10.2 Å². The van der Waals surface area contributed by atoms with Crippen LogP contribution in [0.3, 0.4) is 0 Å². The van der Waals surface area contributed by atoms with Crippen molar-refractivity contribution in [2.45, 2.75) is 42.9 Å². The van der Waals surface area contributed by atoms with Gasteiger partial charge in [0.2, 0.25) is 0 Å². The Balaban J connectivity index is 1.81. The molecule has 0 amide bonds. The van der Waals surface area contributed by atoms with Crippen LogP contribution >= 0.6 is 0 Å². The topological polar surface area (TPSA) is 84.1 Å². The van der Waals surface area contributed by atoms with Gasteiger partial charge in [-0.15, -0.1) is 10.2 Å². The minimum atomic E-state index is -3.81. The molecule has 3 fully saturated rings. The van der Waals surface area contributed by atoms with E-state index in [0.717, 1.165) is 23.3 Å². The van der Waals surface area contributed by atoms with Crippen LogP contribution in [-0.2, 0) is 12.1 Å². The van der Waals surface area contributed by atoms with Crippen LogP contribution in [0.15, 0.2) is 24.5 Å². The lowest BCUT2D eigenvalue weighted by Crippen LogP contribution is -2.77. The van der Waals surface area contributed by atoms with Crippen LogP contribution < -0.4 is 0 Å². The summed E-state index contributed by atoms with van der Waals surface area (Å²) in [7, 11) is 0. The van der Waals surface area contributed by atoms with Gasteiger partial charge in [0.05, 0.1) is 5.60 Å². The van der Waals surface area contributed by atoms with Crippen molar-refractivity contribution in [1.82, 2.24) is 20.2 Å². The molecule has 0 saturated heterocycles. The van der Waals surface area contributed by atoms with Gasteiger partial charge in [-0.1, -0.05) is 0 Å². The van der Waals surface area contributed by atoms with E-state index in [1.165, 1.54) is 0 Å². The van der Waals surface area contributed by atoms with Crippen LogP contribution in [0.25, 0.3) is 0 Å². The molecule has 25 heavy (non-hydrogen) atoms. The summed E-state index contributed by atoms with van der Waals surface area (Å²) < 4.78 is 58.2. The second kappa shape index (κ2) is 4.76. The quantitative estimate of drug-likeness (QED) is 0.789. The Labute approximate surface area is 139 Å². The Kier molecular flexibility index (Phi) is 3.12. The number of hydrogen-bond acceptors (Lipinski definition) is 5. The first kappa shape index (κ1) is 16.4. The number of tetrazole rings is 1. The Bertz CT molecular complexity index is 809. The second-order valence-corrected chi connectivity index (χ2v) is 7.06. The van der Waals surface area contributed by atoms with Crippen molar-refractivity contribution in [1.29, 1.82) is 0 Å². The number of rotatable bonds is 5. The van der Waals surface area contributed by atoms with E-state index in [4.69, 9.17) is 0 Å². The Hall–Kier alpha value is -2.07. The van der Waals surface area contributed by atoms with Gasteiger partial charge in [0.1, 0.15) is 18.2 Å². The van der Waals surface area contributed by atoms with Crippen molar-refractivity contribution in [2.75, 3.05) is 0 Å². The highest BCUT2D eigenvalue weighted by Crippen LogP contribution is 2.75. The van der Waals surface area contributed by atoms with E-state index in [9.17, 15) is 19.0 Å². The maximum absolute atomic E-state index is 15.4. The lowest BCUT2D eigenvalue weighted by Gasteiger charge is -2.71. The molecular formula is C15H14F4N4O2. The van der Waals surface area contributed by atoms with Crippen LogP contribution in [-0.4, -0.2) is 41.9 Å². The van der Waals surface area contributed by atoms with Gasteiger partial charge in [0.25, 0.3) is 5.92 Å². The minimum absolute atomic E-state index is 0.192. The molecule has 1 aromatic heterocycles. The fraction of sp³-hybridized carbons (Fsp3) is 0.533. The first-order valence-corrected chi connectivity index (χ1v) is 7.60.